The van der Waals surface area contributed by atoms with Crippen LogP contribution in [0.1, 0.15) is 47.4 Å². The maximum atomic E-state index is 13.1. The van der Waals surface area contributed by atoms with Gasteiger partial charge in [-0.1, -0.05) is 18.5 Å². The molecule has 1 heterocycles. The predicted molar refractivity (Wildman–Crippen MR) is 126 cm³/mol. The van der Waals surface area contributed by atoms with Crippen LogP contribution in [-0.2, 0) is 14.8 Å². The molecule has 2 aromatic rings. The summed E-state index contributed by atoms with van der Waals surface area (Å²) in [5.74, 6) is -0.501. The van der Waals surface area contributed by atoms with E-state index >= 15 is 0 Å². The lowest BCUT2D eigenvalue weighted by molar-refractivity contribution is 0.0526. The monoisotopic (exact) mass is 494 g/mol. The fourth-order valence-electron chi connectivity index (χ4n) is 3.57. The molecule has 1 amide bonds. The second-order valence-corrected chi connectivity index (χ2v) is 10.2. The first kappa shape index (κ1) is 25.0. The largest absolute Gasteiger partial charge is 0.496 e. The molecule has 3 rings (SSSR count). The average Bonchev–Trinajstić information content (AvgIpc) is 2.80. The van der Waals surface area contributed by atoms with E-state index in [4.69, 9.17) is 21.1 Å². The molecule has 0 radical (unpaired) electrons. The van der Waals surface area contributed by atoms with Crippen LogP contribution in [0.2, 0.25) is 5.02 Å². The van der Waals surface area contributed by atoms with Gasteiger partial charge in [-0.3, -0.25) is 4.79 Å². The van der Waals surface area contributed by atoms with E-state index in [2.05, 4.69) is 12.2 Å². The third-order valence-corrected chi connectivity index (χ3v) is 7.74. The fourth-order valence-corrected chi connectivity index (χ4v) is 5.26. The molecule has 178 valence electrons. The Labute approximate surface area is 198 Å². The van der Waals surface area contributed by atoms with Gasteiger partial charge in [0.25, 0.3) is 5.91 Å². The molecule has 0 bridgehead atoms. The summed E-state index contributed by atoms with van der Waals surface area (Å²) in [4.78, 5) is 25.1. The molecule has 1 saturated heterocycles. The van der Waals surface area contributed by atoms with Crippen LogP contribution in [0.15, 0.2) is 41.3 Å². The smallest absolute Gasteiger partial charge is 0.339 e. The van der Waals surface area contributed by atoms with Crippen LogP contribution in [-0.4, -0.2) is 51.4 Å². The van der Waals surface area contributed by atoms with Crippen LogP contribution in [0, 0.1) is 5.92 Å². The molecule has 0 atom stereocenters. The van der Waals surface area contributed by atoms with Crippen molar-refractivity contribution in [3.63, 3.8) is 0 Å². The molecule has 0 unspecified atom stereocenters. The number of carbonyl (C=O) groups is 2. The van der Waals surface area contributed by atoms with Gasteiger partial charge in [0.15, 0.2) is 0 Å². The minimum absolute atomic E-state index is 0.0197. The minimum atomic E-state index is -3.75. The summed E-state index contributed by atoms with van der Waals surface area (Å²) in [5, 5.41) is 2.86. The van der Waals surface area contributed by atoms with Gasteiger partial charge in [-0.05, 0) is 62.1 Å². The molecule has 0 aliphatic carbocycles. The summed E-state index contributed by atoms with van der Waals surface area (Å²) in [7, 11) is -2.35. The zero-order chi connectivity index (χ0) is 24.2. The van der Waals surface area contributed by atoms with Gasteiger partial charge < -0.3 is 14.8 Å². The number of benzene rings is 2. The van der Waals surface area contributed by atoms with E-state index < -0.39 is 21.9 Å². The second-order valence-electron chi connectivity index (χ2n) is 7.82. The Bertz CT molecular complexity index is 1140. The van der Waals surface area contributed by atoms with Gasteiger partial charge in [0.05, 0.1) is 34.8 Å². The topological polar surface area (TPSA) is 102 Å². The zero-order valence-corrected chi connectivity index (χ0v) is 20.3. The third-order valence-electron chi connectivity index (χ3n) is 5.52. The van der Waals surface area contributed by atoms with Crippen molar-refractivity contribution in [2.45, 2.75) is 31.6 Å². The highest BCUT2D eigenvalue weighted by Crippen LogP contribution is 2.29. The SMILES string of the molecule is CCOC(=O)c1cc(NC(=O)c2cc(S(=O)(=O)N3CCC(C)CC3)ccc2OC)ccc1Cl. The minimum Gasteiger partial charge on any atom is -0.496 e. The van der Waals surface area contributed by atoms with E-state index in [0.717, 1.165) is 12.8 Å². The number of hydrogen-bond acceptors (Lipinski definition) is 6. The lowest BCUT2D eigenvalue weighted by Crippen LogP contribution is -2.37. The van der Waals surface area contributed by atoms with Crippen molar-refractivity contribution >= 4 is 39.2 Å². The van der Waals surface area contributed by atoms with Crippen molar-refractivity contribution in [1.82, 2.24) is 4.31 Å². The number of anilines is 1. The maximum Gasteiger partial charge on any atom is 0.339 e. The summed E-state index contributed by atoms with van der Waals surface area (Å²) in [6.45, 7) is 4.84. The molecular formula is C23H27ClN2O6S. The van der Waals surface area contributed by atoms with Gasteiger partial charge in [0.2, 0.25) is 10.0 Å². The van der Waals surface area contributed by atoms with E-state index in [1.54, 1.807) is 6.92 Å². The van der Waals surface area contributed by atoms with Gasteiger partial charge >= 0.3 is 5.97 Å². The quantitative estimate of drug-likeness (QED) is 0.579. The molecular weight excluding hydrogens is 468 g/mol. The van der Waals surface area contributed by atoms with Crippen molar-refractivity contribution in [2.75, 3.05) is 32.1 Å². The highest BCUT2D eigenvalue weighted by Gasteiger charge is 2.29. The van der Waals surface area contributed by atoms with Crippen LogP contribution >= 0.6 is 11.6 Å². The molecule has 1 aliphatic heterocycles. The lowest BCUT2D eigenvalue weighted by atomic mass is 10.0. The molecule has 2 aromatic carbocycles. The summed E-state index contributed by atoms with van der Waals surface area (Å²) < 4.78 is 38.0. The first-order valence-corrected chi connectivity index (χ1v) is 12.4. The van der Waals surface area contributed by atoms with Crippen molar-refractivity contribution in [2.24, 2.45) is 5.92 Å². The number of amides is 1. The number of nitrogens with one attached hydrogen (secondary N) is 1. The van der Waals surface area contributed by atoms with Crippen molar-refractivity contribution in [3.8, 4) is 5.75 Å². The Morgan fingerprint density at radius 1 is 1.12 bits per heavy atom. The predicted octanol–water partition coefficient (Wildman–Crippen LogP) is 4.20. The summed E-state index contributed by atoms with van der Waals surface area (Å²) in [5.41, 5.74) is 0.461. The standard InChI is InChI=1S/C23H27ClN2O6S/c1-4-32-23(28)18-13-16(5-7-20(18)24)25-22(27)19-14-17(6-8-21(19)31-3)33(29,30)26-11-9-15(2)10-12-26/h5-8,13-15H,4,9-12H2,1-3H3,(H,25,27). The molecule has 0 spiro atoms. The highest BCUT2D eigenvalue weighted by atomic mass is 35.5. The first-order valence-electron chi connectivity index (χ1n) is 10.6. The number of ether oxygens (including phenoxy) is 2. The molecule has 1 aliphatic rings. The lowest BCUT2D eigenvalue weighted by Gasteiger charge is -2.29. The van der Waals surface area contributed by atoms with E-state index in [9.17, 15) is 18.0 Å². The number of piperidine rings is 1. The number of halogens is 1. The van der Waals surface area contributed by atoms with Gasteiger partial charge in [0, 0.05) is 18.8 Å². The fraction of sp³-hybridized carbons (Fsp3) is 0.391. The average molecular weight is 495 g/mol. The van der Waals surface area contributed by atoms with E-state index in [1.165, 1.54) is 47.8 Å². The Kier molecular flexibility index (Phi) is 7.99. The molecule has 10 heteroatoms. The maximum absolute atomic E-state index is 13.1. The second kappa shape index (κ2) is 10.5. The molecule has 0 saturated carbocycles. The summed E-state index contributed by atoms with van der Waals surface area (Å²) >= 11 is 6.08. The van der Waals surface area contributed by atoms with Gasteiger partial charge in [-0.2, -0.15) is 4.31 Å². The Hall–Kier alpha value is -2.62. The molecule has 33 heavy (non-hydrogen) atoms. The number of esters is 1. The number of nitrogens with zero attached hydrogens (tertiary/aromatic N) is 1. The van der Waals surface area contributed by atoms with Crippen LogP contribution < -0.4 is 10.1 Å². The zero-order valence-electron chi connectivity index (χ0n) is 18.8. The highest BCUT2D eigenvalue weighted by molar-refractivity contribution is 7.89. The van der Waals surface area contributed by atoms with Crippen molar-refractivity contribution in [3.05, 3.63) is 52.5 Å². The molecule has 1 fully saturated rings. The first-order chi connectivity index (χ1) is 15.7. The number of sulfonamides is 1. The molecule has 8 nitrogen and oxygen atoms in total. The summed E-state index contributed by atoms with van der Waals surface area (Å²) in [6.07, 6.45) is 1.59. The van der Waals surface area contributed by atoms with Gasteiger partial charge in [-0.15, -0.1) is 0 Å². The Balaban J connectivity index is 1.89. The van der Waals surface area contributed by atoms with E-state index in [1.807, 2.05) is 0 Å². The number of hydrogen-bond donors (Lipinski definition) is 1. The van der Waals surface area contributed by atoms with Crippen molar-refractivity contribution < 1.29 is 27.5 Å². The van der Waals surface area contributed by atoms with Crippen LogP contribution in [0.5, 0.6) is 5.75 Å². The third kappa shape index (κ3) is 5.66. The normalized spacial score (nSPS) is 15.2. The number of methoxy groups -OCH3 is 1. The Morgan fingerprint density at radius 3 is 2.45 bits per heavy atom. The van der Waals surface area contributed by atoms with Gasteiger partial charge in [-0.25, -0.2) is 13.2 Å². The van der Waals surface area contributed by atoms with Crippen LogP contribution in [0.3, 0.4) is 0 Å². The van der Waals surface area contributed by atoms with Crippen LogP contribution in [0.25, 0.3) is 0 Å². The molecule has 1 N–H and O–H groups in total. The number of rotatable bonds is 7. The van der Waals surface area contributed by atoms with E-state index in [0.29, 0.717) is 24.7 Å². The van der Waals surface area contributed by atoms with Crippen LogP contribution in [0.4, 0.5) is 5.69 Å². The molecule has 0 aromatic heterocycles. The van der Waals surface area contributed by atoms with Gasteiger partial charge in [0.1, 0.15) is 5.75 Å². The van der Waals surface area contributed by atoms with E-state index in [-0.39, 0.29) is 33.4 Å². The summed E-state index contributed by atoms with van der Waals surface area (Å²) in [6, 6.07) is 8.61. The number of carbonyl (C=O) groups excluding carboxylic acids is 2. The van der Waals surface area contributed by atoms with Crippen molar-refractivity contribution in [1.29, 1.82) is 0 Å². The Morgan fingerprint density at radius 2 is 1.82 bits per heavy atom.